The summed E-state index contributed by atoms with van der Waals surface area (Å²) in [5.74, 6) is 0. The molecule has 0 fully saturated rings. The van der Waals surface area contributed by atoms with Crippen molar-refractivity contribution in [2.24, 2.45) is 0 Å². The van der Waals surface area contributed by atoms with E-state index < -0.39 is 0 Å². The molecule has 5 aliphatic rings. The van der Waals surface area contributed by atoms with Gasteiger partial charge in [-0.2, -0.15) is 0 Å². The Morgan fingerprint density at radius 3 is 2.09 bits per heavy atom. The van der Waals surface area contributed by atoms with Crippen molar-refractivity contribution in [2.45, 2.75) is 50.9 Å². The van der Waals surface area contributed by atoms with Gasteiger partial charge in [-0.05, 0) is 202 Å². The predicted molar refractivity (Wildman–Crippen MR) is 334 cm³/mol. The Morgan fingerprint density at radius 1 is 0.494 bits per heavy atom. The first kappa shape index (κ1) is 45.7. The van der Waals surface area contributed by atoms with Crippen LogP contribution in [0.4, 0.5) is 17.1 Å². The van der Waals surface area contributed by atoms with Crippen molar-refractivity contribution in [3.05, 3.63) is 293 Å². The maximum atomic E-state index is 2.51. The number of nitrogens with zero attached hydrogens (tertiary/aromatic N) is 3. The highest BCUT2D eigenvalue weighted by molar-refractivity contribution is 6.11. The van der Waals surface area contributed by atoms with Crippen LogP contribution in [0.25, 0.3) is 89.3 Å². The maximum absolute atomic E-state index is 2.51. The quantitative estimate of drug-likeness (QED) is 0.138. The van der Waals surface area contributed by atoms with E-state index in [0.29, 0.717) is 0 Å². The summed E-state index contributed by atoms with van der Waals surface area (Å²) < 4.78 is 4.92. The molecular weight excluding hydrogens is 955 g/mol. The number of fused-ring (bicyclic) bond motifs is 15. The zero-order valence-corrected chi connectivity index (χ0v) is 44.3. The zero-order valence-electron chi connectivity index (χ0n) is 44.3. The minimum atomic E-state index is -0.255. The van der Waals surface area contributed by atoms with Crippen LogP contribution in [0.3, 0.4) is 0 Å². The van der Waals surface area contributed by atoms with Crippen LogP contribution in [-0.2, 0) is 11.8 Å². The number of anilines is 3. The number of para-hydroxylation sites is 2. The lowest BCUT2D eigenvalue weighted by Gasteiger charge is -2.36. The summed E-state index contributed by atoms with van der Waals surface area (Å²) >= 11 is 0. The average molecular weight is 1010 g/mol. The molecule has 0 saturated heterocycles. The third kappa shape index (κ3) is 6.85. The third-order valence-corrected chi connectivity index (χ3v) is 17.9. The van der Waals surface area contributed by atoms with Crippen molar-refractivity contribution in [3.63, 3.8) is 0 Å². The molecule has 0 N–H and O–H groups in total. The number of aromatic nitrogens is 2. The van der Waals surface area contributed by atoms with Gasteiger partial charge in [0.2, 0.25) is 0 Å². The Bertz CT molecular complexity index is 4610. The number of benzene rings is 9. The van der Waals surface area contributed by atoms with E-state index in [4.69, 9.17) is 0 Å². The SMILES string of the molecule is C/C=C(\C=C/c1ccc2ccccc2c1)n1c2c(c3ccc(N(c4cccc(-c5cccc6c5C5=C(CCC=C5)C65C6=C(C=CCC6)c6ccccc65)c4)c4ccc5c(c4)c4ccccc4n5-c4ccccc4)cc31)CCC=C2. The molecule has 0 amide bonds. The summed E-state index contributed by atoms with van der Waals surface area (Å²) in [6.45, 7) is 2.17. The molecule has 0 saturated carbocycles. The Labute approximate surface area is 461 Å². The van der Waals surface area contributed by atoms with E-state index in [-0.39, 0.29) is 5.41 Å². The van der Waals surface area contributed by atoms with Crippen LogP contribution < -0.4 is 4.90 Å². The molecule has 1 spiro atoms. The molecule has 0 aliphatic heterocycles. The number of hydrogen-bond donors (Lipinski definition) is 0. The molecule has 1 unspecified atom stereocenters. The van der Waals surface area contributed by atoms with Gasteiger partial charge < -0.3 is 14.0 Å². The molecule has 0 bridgehead atoms. The first-order valence-electron chi connectivity index (χ1n) is 28.4. The van der Waals surface area contributed by atoms with Crippen molar-refractivity contribution in [1.29, 1.82) is 0 Å². The summed E-state index contributed by atoms with van der Waals surface area (Å²) in [6, 6.07) is 75.2. The molecule has 11 aromatic rings. The fourth-order valence-corrected chi connectivity index (χ4v) is 14.7. The molecule has 5 aliphatic carbocycles. The van der Waals surface area contributed by atoms with Gasteiger partial charge in [-0.1, -0.05) is 176 Å². The van der Waals surface area contributed by atoms with E-state index in [0.717, 1.165) is 67.0 Å². The second-order valence-corrected chi connectivity index (χ2v) is 22.0. The summed E-state index contributed by atoms with van der Waals surface area (Å²) in [6.07, 6.45) is 27.5. The minimum absolute atomic E-state index is 0.255. The minimum Gasteiger partial charge on any atom is -0.310 e. The van der Waals surface area contributed by atoms with Gasteiger partial charge in [0.15, 0.2) is 0 Å². The first-order chi connectivity index (χ1) is 39.2. The molecule has 9 aromatic carbocycles. The lowest BCUT2D eigenvalue weighted by Crippen LogP contribution is -2.29. The fourth-order valence-electron chi connectivity index (χ4n) is 14.7. The van der Waals surface area contributed by atoms with E-state index in [1.54, 1.807) is 11.1 Å². The van der Waals surface area contributed by atoms with E-state index in [9.17, 15) is 0 Å². The second-order valence-electron chi connectivity index (χ2n) is 22.0. The lowest BCUT2D eigenvalue weighted by atomic mass is 9.66. The van der Waals surface area contributed by atoms with Crippen LogP contribution in [0.15, 0.2) is 254 Å². The van der Waals surface area contributed by atoms with Crippen LogP contribution >= 0.6 is 0 Å². The van der Waals surface area contributed by atoms with Crippen molar-refractivity contribution in [2.75, 3.05) is 4.90 Å². The van der Waals surface area contributed by atoms with Gasteiger partial charge in [0.25, 0.3) is 0 Å². The van der Waals surface area contributed by atoms with Crippen molar-refractivity contribution in [3.8, 4) is 16.8 Å². The van der Waals surface area contributed by atoms with Gasteiger partial charge in [-0.3, -0.25) is 0 Å². The molecule has 3 heteroatoms. The van der Waals surface area contributed by atoms with E-state index in [2.05, 4.69) is 276 Å². The average Bonchev–Trinajstić information content (AvgIpc) is 3.80. The number of aryl methyl sites for hydroxylation is 1. The Kier molecular flexibility index (Phi) is 10.5. The molecular formula is C76H57N3. The van der Waals surface area contributed by atoms with Gasteiger partial charge in [-0.15, -0.1) is 0 Å². The third-order valence-electron chi connectivity index (χ3n) is 17.9. The number of allylic oxidation sites excluding steroid dienone is 12. The van der Waals surface area contributed by atoms with E-state index in [1.807, 2.05) is 0 Å². The van der Waals surface area contributed by atoms with Gasteiger partial charge in [0, 0.05) is 50.3 Å². The molecule has 3 nitrogen and oxygen atoms in total. The van der Waals surface area contributed by atoms with Crippen LogP contribution in [0.5, 0.6) is 0 Å². The molecule has 0 radical (unpaired) electrons. The summed E-state index contributed by atoms with van der Waals surface area (Å²) in [7, 11) is 0. The highest BCUT2D eigenvalue weighted by Crippen LogP contribution is 2.65. The first-order valence-corrected chi connectivity index (χ1v) is 28.4. The number of hydrogen-bond acceptors (Lipinski definition) is 1. The Morgan fingerprint density at radius 2 is 1.19 bits per heavy atom. The normalized spacial score (nSPS) is 17.2. The highest BCUT2D eigenvalue weighted by atomic mass is 15.1. The monoisotopic (exact) mass is 1010 g/mol. The van der Waals surface area contributed by atoms with Crippen LogP contribution in [-0.4, -0.2) is 9.13 Å². The number of rotatable bonds is 8. The molecule has 2 heterocycles. The standard InChI is InChI=1S/C76H57N3/c1-2-54(41-39-50-38-40-51-20-6-7-21-52(51)46-50)78-71-36-16-11-28-62(71)64-44-42-58(49-74(64)78)77(57-43-45-73-66(48-57)63-29-12-17-37-72(63)79(73)55-23-4-3-5-24-55)56-25-18-22-53(47-56)59-31-19-35-70-75(59)65-30-10-15-34-69(65)76(70)67-32-13-8-26-60(67)61-27-9-14-33-68(61)76/h2-10,12-13,16-27,29-32,35-49H,11,14-15,28,33-34H2,1H3/b41-39-,54-2+. The molecule has 1 atom stereocenters. The topological polar surface area (TPSA) is 13.1 Å². The predicted octanol–water partition coefficient (Wildman–Crippen LogP) is 20.1. The van der Waals surface area contributed by atoms with Gasteiger partial charge in [0.1, 0.15) is 0 Å². The van der Waals surface area contributed by atoms with Gasteiger partial charge >= 0.3 is 0 Å². The smallest absolute Gasteiger partial charge is 0.0651 e. The van der Waals surface area contributed by atoms with Crippen LogP contribution in [0.2, 0.25) is 0 Å². The van der Waals surface area contributed by atoms with Crippen molar-refractivity contribution in [1.82, 2.24) is 9.13 Å². The van der Waals surface area contributed by atoms with Crippen molar-refractivity contribution < 1.29 is 0 Å². The largest absolute Gasteiger partial charge is 0.310 e. The lowest BCUT2D eigenvalue weighted by molar-refractivity contribution is 0.661. The molecule has 376 valence electrons. The highest BCUT2D eigenvalue weighted by Gasteiger charge is 2.54. The molecule has 2 aromatic heterocycles. The van der Waals surface area contributed by atoms with E-state index in [1.165, 1.54) is 105 Å². The van der Waals surface area contributed by atoms with Crippen LogP contribution in [0.1, 0.15) is 78.1 Å². The Hall–Kier alpha value is -9.44. The maximum Gasteiger partial charge on any atom is 0.0651 e. The summed E-state index contributed by atoms with van der Waals surface area (Å²) in [4.78, 5) is 2.51. The van der Waals surface area contributed by atoms with Crippen molar-refractivity contribution >= 4 is 89.5 Å². The summed E-state index contributed by atoms with van der Waals surface area (Å²) in [5, 5.41) is 6.25. The zero-order chi connectivity index (χ0) is 52.2. The second kappa shape index (κ2) is 18.1. The molecule has 79 heavy (non-hydrogen) atoms. The Balaban J connectivity index is 0.900. The summed E-state index contributed by atoms with van der Waals surface area (Å²) in [5.41, 5.74) is 27.0. The fraction of sp³-hybridized carbons (Fsp3) is 0.105. The van der Waals surface area contributed by atoms with E-state index >= 15 is 0 Å². The van der Waals surface area contributed by atoms with Gasteiger partial charge in [-0.25, -0.2) is 0 Å². The molecule has 16 rings (SSSR count). The van der Waals surface area contributed by atoms with Crippen LogP contribution in [0, 0.1) is 0 Å². The van der Waals surface area contributed by atoms with Gasteiger partial charge in [0.05, 0.1) is 22.0 Å².